The minimum absolute atomic E-state index is 0.152. The van der Waals surface area contributed by atoms with Crippen molar-refractivity contribution in [2.45, 2.75) is 11.3 Å². The van der Waals surface area contributed by atoms with Crippen molar-refractivity contribution in [1.82, 2.24) is 10.2 Å². The first-order valence-electron chi connectivity index (χ1n) is 6.80. The van der Waals surface area contributed by atoms with E-state index in [0.717, 1.165) is 16.0 Å². The second-order valence-corrected chi connectivity index (χ2v) is 6.51. The van der Waals surface area contributed by atoms with E-state index < -0.39 is 5.97 Å². The van der Waals surface area contributed by atoms with Gasteiger partial charge in [0.15, 0.2) is 4.34 Å². The molecule has 2 N–H and O–H groups in total. The van der Waals surface area contributed by atoms with Crippen molar-refractivity contribution in [2.75, 3.05) is 30.0 Å². The molecule has 9 heteroatoms. The maximum absolute atomic E-state index is 11.9. The number of nitrogens with zero attached hydrogens (tertiary/aromatic N) is 2. The highest BCUT2D eigenvalue weighted by Gasteiger charge is 2.09. The SMILES string of the molecule is CCNc1nnc(SCC(=O)Nc2ccc(C(=O)OC)cc2)s1. The lowest BCUT2D eigenvalue weighted by atomic mass is 10.2. The van der Waals surface area contributed by atoms with Crippen LogP contribution in [0.1, 0.15) is 17.3 Å². The second kappa shape index (κ2) is 8.49. The summed E-state index contributed by atoms with van der Waals surface area (Å²) in [5, 5.41) is 14.5. The van der Waals surface area contributed by atoms with Crippen molar-refractivity contribution >= 4 is 45.8 Å². The van der Waals surface area contributed by atoms with Crippen LogP contribution in [0.2, 0.25) is 0 Å². The summed E-state index contributed by atoms with van der Waals surface area (Å²) < 4.78 is 5.35. The zero-order valence-electron chi connectivity index (χ0n) is 12.7. The number of nitrogens with one attached hydrogen (secondary N) is 2. The molecular formula is C14H16N4O3S2. The number of benzene rings is 1. The Balaban J connectivity index is 1.83. The van der Waals surface area contributed by atoms with E-state index in [0.29, 0.717) is 11.3 Å². The zero-order chi connectivity index (χ0) is 16.7. The third kappa shape index (κ3) is 5.22. The summed E-state index contributed by atoms with van der Waals surface area (Å²) in [4.78, 5) is 23.2. The van der Waals surface area contributed by atoms with Crippen LogP contribution in [-0.4, -0.2) is 41.5 Å². The van der Waals surface area contributed by atoms with Crippen molar-refractivity contribution in [3.63, 3.8) is 0 Å². The molecule has 1 aromatic heterocycles. The third-order valence-corrected chi connectivity index (χ3v) is 4.67. The van der Waals surface area contributed by atoms with Gasteiger partial charge in [0.05, 0.1) is 18.4 Å². The van der Waals surface area contributed by atoms with Crippen LogP contribution < -0.4 is 10.6 Å². The van der Waals surface area contributed by atoms with Crippen LogP contribution >= 0.6 is 23.1 Å². The van der Waals surface area contributed by atoms with E-state index >= 15 is 0 Å². The van der Waals surface area contributed by atoms with Gasteiger partial charge in [0.2, 0.25) is 11.0 Å². The van der Waals surface area contributed by atoms with Gasteiger partial charge in [-0.1, -0.05) is 23.1 Å². The molecule has 0 aliphatic carbocycles. The van der Waals surface area contributed by atoms with Crippen molar-refractivity contribution in [3.8, 4) is 0 Å². The number of amides is 1. The number of thioether (sulfide) groups is 1. The molecule has 0 saturated heterocycles. The van der Waals surface area contributed by atoms with Gasteiger partial charge in [-0.05, 0) is 31.2 Å². The number of carbonyl (C=O) groups is 2. The quantitative estimate of drug-likeness (QED) is 0.584. The summed E-state index contributed by atoms with van der Waals surface area (Å²) in [7, 11) is 1.32. The molecule has 0 radical (unpaired) electrons. The highest BCUT2D eigenvalue weighted by Crippen LogP contribution is 2.25. The highest BCUT2D eigenvalue weighted by molar-refractivity contribution is 8.01. The summed E-state index contributed by atoms with van der Waals surface area (Å²) >= 11 is 2.74. The summed E-state index contributed by atoms with van der Waals surface area (Å²) in [5.74, 6) is -0.327. The molecule has 0 aliphatic rings. The second-order valence-electron chi connectivity index (χ2n) is 4.31. The Hall–Kier alpha value is -2.13. The first kappa shape index (κ1) is 17.2. The largest absolute Gasteiger partial charge is 0.465 e. The van der Waals surface area contributed by atoms with E-state index in [4.69, 9.17) is 0 Å². The molecule has 1 aromatic carbocycles. The first-order valence-corrected chi connectivity index (χ1v) is 8.61. The van der Waals surface area contributed by atoms with E-state index in [1.165, 1.54) is 30.2 Å². The monoisotopic (exact) mass is 352 g/mol. The third-order valence-electron chi connectivity index (χ3n) is 2.65. The summed E-state index contributed by atoms with van der Waals surface area (Å²) in [6, 6.07) is 6.51. The van der Waals surface area contributed by atoms with Crippen LogP contribution in [0.25, 0.3) is 0 Å². The van der Waals surface area contributed by atoms with E-state index in [9.17, 15) is 9.59 Å². The summed E-state index contributed by atoms with van der Waals surface area (Å²) in [6.45, 7) is 2.76. The van der Waals surface area contributed by atoms with Gasteiger partial charge in [-0.15, -0.1) is 10.2 Å². The molecule has 1 amide bonds. The predicted octanol–water partition coefficient (Wildman–Crippen LogP) is 2.49. The summed E-state index contributed by atoms with van der Waals surface area (Å²) in [5.41, 5.74) is 1.05. The molecule has 0 bridgehead atoms. The lowest BCUT2D eigenvalue weighted by molar-refractivity contribution is -0.113. The van der Waals surface area contributed by atoms with Gasteiger partial charge in [-0.25, -0.2) is 4.79 Å². The van der Waals surface area contributed by atoms with Gasteiger partial charge in [-0.2, -0.15) is 0 Å². The Labute approximate surface area is 141 Å². The van der Waals surface area contributed by atoms with Gasteiger partial charge in [0.1, 0.15) is 0 Å². The number of ether oxygens (including phenoxy) is 1. The molecule has 2 aromatic rings. The molecule has 0 saturated carbocycles. The van der Waals surface area contributed by atoms with Crippen LogP contribution in [0.4, 0.5) is 10.8 Å². The zero-order valence-corrected chi connectivity index (χ0v) is 14.3. The molecule has 1 heterocycles. The van der Waals surface area contributed by atoms with Gasteiger partial charge in [0, 0.05) is 12.2 Å². The minimum atomic E-state index is -0.411. The normalized spacial score (nSPS) is 10.2. The Kier molecular flexibility index (Phi) is 6.36. The van der Waals surface area contributed by atoms with Gasteiger partial charge < -0.3 is 15.4 Å². The average molecular weight is 352 g/mol. The van der Waals surface area contributed by atoms with Crippen LogP contribution in [0, 0.1) is 0 Å². The fourth-order valence-electron chi connectivity index (χ4n) is 1.62. The number of esters is 1. The van der Waals surface area contributed by atoms with Gasteiger partial charge >= 0.3 is 5.97 Å². The molecule has 0 unspecified atom stereocenters. The number of hydrogen-bond acceptors (Lipinski definition) is 8. The smallest absolute Gasteiger partial charge is 0.337 e. The number of hydrogen-bond donors (Lipinski definition) is 2. The Morgan fingerprint density at radius 1 is 1.26 bits per heavy atom. The molecule has 0 atom stereocenters. The Morgan fingerprint density at radius 2 is 2.00 bits per heavy atom. The van der Waals surface area contributed by atoms with Crippen molar-refractivity contribution in [2.24, 2.45) is 0 Å². The standard InChI is InChI=1S/C14H16N4O3S2/c1-3-15-13-17-18-14(23-13)22-8-11(19)16-10-6-4-9(5-7-10)12(20)21-2/h4-7H,3,8H2,1-2H3,(H,15,17)(H,16,19). The van der Waals surface area contributed by atoms with Crippen molar-refractivity contribution < 1.29 is 14.3 Å². The number of anilines is 2. The lowest BCUT2D eigenvalue weighted by Crippen LogP contribution is -2.14. The molecule has 0 aliphatic heterocycles. The fraction of sp³-hybridized carbons (Fsp3) is 0.286. The lowest BCUT2D eigenvalue weighted by Gasteiger charge is -2.05. The van der Waals surface area contributed by atoms with E-state index in [2.05, 4.69) is 25.6 Å². The first-order chi connectivity index (χ1) is 11.1. The van der Waals surface area contributed by atoms with Crippen LogP contribution in [0.3, 0.4) is 0 Å². The molecular weight excluding hydrogens is 336 g/mol. The van der Waals surface area contributed by atoms with Crippen LogP contribution in [-0.2, 0) is 9.53 Å². The fourth-order valence-corrected chi connectivity index (χ4v) is 3.24. The average Bonchev–Trinajstić information content (AvgIpc) is 3.01. The minimum Gasteiger partial charge on any atom is -0.465 e. The van der Waals surface area contributed by atoms with Crippen molar-refractivity contribution in [3.05, 3.63) is 29.8 Å². The Morgan fingerprint density at radius 3 is 2.65 bits per heavy atom. The van der Waals surface area contributed by atoms with Crippen LogP contribution in [0.5, 0.6) is 0 Å². The highest BCUT2D eigenvalue weighted by atomic mass is 32.2. The molecule has 122 valence electrons. The molecule has 0 spiro atoms. The number of aromatic nitrogens is 2. The van der Waals surface area contributed by atoms with E-state index in [-0.39, 0.29) is 11.7 Å². The maximum Gasteiger partial charge on any atom is 0.337 e. The van der Waals surface area contributed by atoms with Crippen LogP contribution in [0.15, 0.2) is 28.6 Å². The molecule has 0 fully saturated rings. The molecule has 7 nitrogen and oxygen atoms in total. The van der Waals surface area contributed by atoms with E-state index in [1.54, 1.807) is 24.3 Å². The topological polar surface area (TPSA) is 93.2 Å². The van der Waals surface area contributed by atoms with Crippen molar-refractivity contribution in [1.29, 1.82) is 0 Å². The van der Waals surface area contributed by atoms with E-state index in [1.807, 2.05) is 6.92 Å². The van der Waals surface area contributed by atoms with Gasteiger partial charge in [0.25, 0.3) is 0 Å². The number of methoxy groups -OCH3 is 1. The molecule has 2 rings (SSSR count). The Bertz CT molecular complexity index is 673. The number of carbonyl (C=O) groups excluding carboxylic acids is 2. The van der Waals surface area contributed by atoms with Gasteiger partial charge in [-0.3, -0.25) is 4.79 Å². The summed E-state index contributed by atoms with van der Waals surface area (Å²) in [6.07, 6.45) is 0. The maximum atomic E-state index is 11.9. The predicted molar refractivity (Wildman–Crippen MR) is 91.2 cm³/mol. The molecule has 23 heavy (non-hydrogen) atoms. The number of rotatable bonds is 7.